The number of aliphatic hydroxyl groups is 2. The lowest BCUT2D eigenvalue weighted by molar-refractivity contribution is 0.0572. The van der Waals surface area contributed by atoms with Crippen molar-refractivity contribution in [1.82, 2.24) is 14.9 Å². The number of rotatable bonds is 6. The summed E-state index contributed by atoms with van der Waals surface area (Å²) in [6, 6.07) is 8.67. The molecule has 1 aromatic heterocycles. The maximum atomic E-state index is 14.5. The van der Waals surface area contributed by atoms with Gasteiger partial charge in [-0.25, -0.2) is 14.4 Å². The van der Waals surface area contributed by atoms with E-state index in [1.54, 1.807) is 25.3 Å². The molecule has 0 bridgehead atoms. The standard InChI is InChI=1S/C25H28ClFN4O4/c1-34-22-10-19-16(25(29-13-28-19)30-18-4-2-3-17(26)24(18)27)9-23(22)35-15-7-5-14(6-8-15)31-11-20(32)21(33)12-31/h2-4,9-10,13-15,20-21,32-33H,5-8,11-12H2,1H3,(H,28,29,30)/t14-,15+,20-,21-/m1/s1. The molecule has 1 saturated heterocycles. The van der Waals surface area contributed by atoms with Crippen molar-refractivity contribution in [2.45, 2.75) is 50.0 Å². The highest BCUT2D eigenvalue weighted by Crippen LogP contribution is 2.38. The van der Waals surface area contributed by atoms with Crippen molar-refractivity contribution >= 4 is 34.0 Å². The highest BCUT2D eigenvalue weighted by atomic mass is 35.5. The monoisotopic (exact) mass is 502 g/mol. The molecule has 1 aliphatic carbocycles. The quantitative estimate of drug-likeness (QED) is 0.466. The van der Waals surface area contributed by atoms with Crippen molar-refractivity contribution in [1.29, 1.82) is 0 Å². The van der Waals surface area contributed by atoms with Crippen molar-refractivity contribution < 1.29 is 24.1 Å². The van der Waals surface area contributed by atoms with Crippen LogP contribution in [0.4, 0.5) is 15.9 Å². The normalized spacial score (nSPS) is 25.1. The number of fused-ring (bicyclic) bond motifs is 1. The van der Waals surface area contributed by atoms with Crippen molar-refractivity contribution in [2.24, 2.45) is 0 Å². The van der Waals surface area contributed by atoms with Gasteiger partial charge in [0.1, 0.15) is 12.1 Å². The summed E-state index contributed by atoms with van der Waals surface area (Å²) in [5.41, 5.74) is 0.843. The molecular weight excluding hydrogens is 475 g/mol. The molecule has 5 rings (SSSR count). The highest BCUT2D eigenvalue weighted by Gasteiger charge is 2.36. The van der Waals surface area contributed by atoms with Crippen LogP contribution in [0.1, 0.15) is 25.7 Å². The van der Waals surface area contributed by atoms with Gasteiger partial charge < -0.3 is 25.0 Å². The second-order valence-corrected chi connectivity index (χ2v) is 9.51. The van der Waals surface area contributed by atoms with Crippen molar-refractivity contribution in [3.05, 3.63) is 47.5 Å². The number of nitrogens with one attached hydrogen (secondary N) is 1. The minimum absolute atomic E-state index is 0.00136. The number of aliphatic hydroxyl groups excluding tert-OH is 2. The van der Waals surface area contributed by atoms with E-state index in [0.29, 0.717) is 47.4 Å². The Bertz CT molecular complexity index is 1200. The average Bonchev–Trinajstić information content (AvgIpc) is 3.20. The number of hydrogen-bond acceptors (Lipinski definition) is 8. The van der Waals surface area contributed by atoms with Crippen LogP contribution in [0.25, 0.3) is 10.9 Å². The van der Waals surface area contributed by atoms with E-state index in [9.17, 15) is 14.6 Å². The molecule has 0 spiro atoms. The van der Waals surface area contributed by atoms with Crippen molar-refractivity contribution in [3.63, 3.8) is 0 Å². The average molecular weight is 503 g/mol. The largest absolute Gasteiger partial charge is 0.493 e. The molecule has 10 heteroatoms. The van der Waals surface area contributed by atoms with E-state index < -0.39 is 18.0 Å². The fourth-order valence-electron chi connectivity index (χ4n) is 4.95. The number of β-amino-alcohol motifs (C(OH)–C–C–N with tert-alkyl or cyclic N) is 2. The Morgan fingerprint density at radius 2 is 1.80 bits per heavy atom. The molecule has 0 radical (unpaired) electrons. The lowest BCUT2D eigenvalue weighted by Gasteiger charge is -2.34. The van der Waals surface area contributed by atoms with Gasteiger partial charge in [0, 0.05) is 30.6 Å². The van der Waals surface area contributed by atoms with Gasteiger partial charge >= 0.3 is 0 Å². The van der Waals surface area contributed by atoms with Crippen LogP contribution >= 0.6 is 11.6 Å². The van der Waals surface area contributed by atoms with Gasteiger partial charge in [0.2, 0.25) is 0 Å². The fourth-order valence-corrected chi connectivity index (χ4v) is 5.12. The van der Waals surface area contributed by atoms with E-state index in [-0.39, 0.29) is 16.8 Å². The number of aromatic nitrogens is 2. The zero-order chi connectivity index (χ0) is 24.5. The van der Waals surface area contributed by atoms with Crippen LogP contribution in [0.5, 0.6) is 11.5 Å². The second kappa shape index (κ2) is 10.1. The number of methoxy groups -OCH3 is 1. The first-order valence-corrected chi connectivity index (χ1v) is 12.1. The highest BCUT2D eigenvalue weighted by molar-refractivity contribution is 6.31. The van der Waals surface area contributed by atoms with Gasteiger partial charge in [0.25, 0.3) is 0 Å². The first-order valence-electron chi connectivity index (χ1n) is 11.7. The molecule has 0 unspecified atom stereocenters. The Kier molecular flexibility index (Phi) is 6.93. The van der Waals surface area contributed by atoms with E-state index in [1.807, 2.05) is 6.07 Å². The van der Waals surface area contributed by atoms with Crippen LogP contribution < -0.4 is 14.8 Å². The molecular formula is C25H28ClFN4O4. The van der Waals surface area contributed by atoms with Gasteiger partial charge in [-0.3, -0.25) is 4.90 Å². The van der Waals surface area contributed by atoms with E-state index in [0.717, 1.165) is 25.7 Å². The van der Waals surface area contributed by atoms with E-state index >= 15 is 0 Å². The van der Waals surface area contributed by atoms with Crippen molar-refractivity contribution in [2.75, 3.05) is 25.5 Å². The Morgan fingerprint density at radius 1 is 1.06 bits per heavy atom. The summed E-state index contributed by atoms with van der Waals surface area (Å²) in [7, 11) is 1.58. The maximum absolute atomic E-state index is 14.5. The molecule has 35 heavy (non-hydrogen) atoms. The first-order chi connectivity index (χ1) is 16.9. The lowest BCUT2D eigenvalue weighted by Crippen LogP contribution is -2.39. The van der Waals surface area contributed by atoms with Gasteiger partial charge in [-0.05, 0) is 43.9 Å². The summed E-state index contributed by atoms with van der Waals surface area (Å²) >= 11 is 5.93. The second-order valence-electron chi connectivity index (χ2n) is 9.11. The molecule has 1 saturated carbocycles. The summed E-state index contributed by atoms with van der Waals surface area (Å²) in [6.07, 6.45) is 3.60. The molecule has 8 nitrogen and oxygen atoms in total. The fraction of sp³-hybridized carbons (Fsp3) is 0.440. The Hall–Kier alpha value is -2.72. The van der Waals surface area contributed by atoms with Crippen LogP contribution in [0, 0.1) is 5.82 Å². The molecule has 3 N–H and O–H groups in total. The minimum atomic E-state index is -0.670. The number of anilines is 2. The van der Waals surface area contributed by atoms with Crippen LogP contribution in [0.3, 0.4) is 0 Å². The lowest BCUT2D eigenvalue weighted by atomic mass is 9.92. The van der Waals surface area contributed by atoms with Gasteiger partial charge in [-0.2, -0.15) is 0 Å². The molecule has 2 aliphatic rings. The summed E-state index contributed by atoms with van der Waals surface area (Å²) < 4.78 is 26.4. The summed E-state index contributed by atoms with van der Waals surface area (Å²) in [6.45, 7) is 1.03. The topological polar surface area (TPSA) is 100.0 Å². The predicted octanol–water partition coefficient (Wildman–Crippen LogP) is 3.90. The maximum Gasteiger partial charge on any atom is 0.165 e. The zero-order valence-corrected chi connectivity index (χ0v) is 20.1. The van der Waals surface area contributed by atoms with E-state index in [1.165, 1.54) is 12.4 Å². The number of halogens is 2. The molecule has 3 aromatic rings. The molecule has 2 aromatic carbocycles. The Morgan fingerprint density at radius 3 is 2.51 bits per heavy atom. The number of likely N-dealkylation sites (tertiary alicyclic amines) is 1. The van der Waals surface area contributed by atoms with Crippen LogP contribution in [-0.2, 0) is 0 Å². The first kappa shape index (κ1) is 24.0. The number of nitrogens with zero attached hydrogens (tertiary/aromatic N) is 3. The third-order valence-electron chi connectivity index (χ3n) is 6.87. The van der Waals surface area contributed by atoms with Gasteiger partial charge in [-0.1, -0.05) is 17.7 Å². The van der Waals surface area contributed by atoms with Gasteiger partial charge in [-0.15, -0.1) is 0 Å². The molecule has 2 atom stereocenters. The SMILES string of the molecule is COc1cc2ncnc(Nc3cccc(Cl)c3F)c2cc1O[C@H]1CC[C@@H](N2C[C@@H](O)[C@H](O)C2)CC1. The summed E-state index contributed by atoms with van der Waals surface area (Å²) in [5.74, 6) is 1.00. The Balaban J connectivity index is 1.34. The zero-order valence-electron chi connectivity index (χ0n) is 19.3. The number of hydrogen-bond donors (Lipinski definition) is 3. The Labute approximate surface area is 207 Å². The number of benzene rings is 2. The summed E-state index contributed by atoms with van der Waals surface area (Å²) in [4.78, 5) is 10.8. The minimum Gasteiger partial charge on any atom is -0.493 e. The molecule has 0 amide bonds. The van der Waals surface area contributed by atoms with Crippen LogP contribution in [-0.4, -0.2) is 69.6 Å². The van der Waals surface area contributed by atoms with Gasteiger partial charge in [0.15, 0.2) is 17.3 Å². The molecule has 2 fully saturated rings. The third-order valence-corrected chi connectivity index (χ3v) is 7.16. The molecule has 2 heterocycles. The van der Waals surface area contributed by atoms with Crippen molar-refractivity contribution in [3.8, 4) is 11.5 Å². The summed E-state index contributed by atoms with van der Waals surface area (Å²) in [5, 5.41) is 23.4. The van der Waals surface area contributed by atoms with E-state index in [2.05, 4.69) is 20.2 Å². The number of ether oxygens (including phenoxy) is 2. The smallest absolute Gasteiger partial charge is 0.165 e. The van der Waals surface area contributed by atoms with Gasteiger partial charge in [0.05, 0.1) is 41.6 Å². The molecule has 1 aliphatic heterocycles. The third kappa shape index (κ3) is 4.99. The van der Waals surface area contributed by atoms with E-state index in [4.69, 9.17) is 21.1 Å². The molecule has 186 valence electrons. The van der Waals surface area contributed by atoms with Crippen LogP contribution in [0.2, 0.25) is 5.02 Å². The predicted molar refractivity (Wildman–Crippen MR) is 131 cm³/mol. The van der Waals surface area contributed by atoms with Crippen LogP contribution in [0.15, 0.2) is 36.7 Å².